The molecule has 1 fully saturated rings. The highest BCUT2D eigenvalue weighted by atomic mass is 19.3. The van der Waals surface area contributed by atoms with Crippen LogP contribution in [0.4, 0.5) is 13.2 Å². The first kappa shape index (κ1) is 23.5. The first-order valence-electron chi connectivity index (χ1n) is 12.6. The topological polar surface area (TPSA) is 86.4 Å². The van der Waals surface area contributed by atoms with Crippen LogP contribution in [0.25, 0.3) is 56.0 Å². The van der Waals surface area contributed by atoms with E-state index in [9.17, 15) is 13.2 Å². The normalized spacial score (nSPS) is 15.5. The van der Waals surface area contributed by atoms with Crippen LogP contribution in [0.15, 0.2) is 73.1 Å². The van der Waals surface area contributed by atoms with Gasteiger partial charge in [-0.3, -0.25) is 15.0 Å². The summed E-state index contributed by atoms with van der Waals surface area (Å²) in [5.41, 5.74) is 7.27. The third-order valence-corrected chi connectivity index (χ3v) is 7.03. The van der Waals surface area contributed by atoms with E-state index in [4.69, 9.17) is 9.97 Å². The number of fused-ring (bicyclic) bond motifs is 2. The number of para-hydroxylation sites is 1. The molecule has 1 aliphatic rings. The maximum atomic E-state index is 13.9. The number of alkyl halides is 2. The lowest BCUT2D eigenvalue weighted by molar-refractivity contribution is 0.0115. The van der Waals surface area contributed by atoms with Gasteiger partial charge >= 0.3 is 0 Å². The van der Waals surface area contributed by atoms with Crippen LogP contribution in [0.3, 0.4) is 0 Å². The van der Waals surface area contributed by atoms with Crippen LogP contribution in [0, 0.1) is 5.82 Å². The summed E-state index contributed by atoms with van der Waals surface area (Å²) >= 11 is 0. The molecule has 1 aliphatic heterocycles. The third-order valence-electron chi connectivity index (χ3n) is 7.03. The lowest BCUT2D eigenvalue weighted by Gasteiger charge is -2.15. The van der Waals surface area contributed by atoms with E-state index in [0.29, 0.717) is 41.3 Å². The molecule has 7 nitrogen and oxygen atoms in total. The summed E-state index contributed by atoms with van der Waals surface area (Å²) in [6, 6.07) is 17.8. The highest BCUT2D eigenvalue weighted by Crippen LogP contribution is 2.32. The van der Waals surface area contributed by atoms with E-state index in [0.717, 1.165) is 33.3 Å². The van der Waals surface area contributed by atoms with Gasteiger partial charge in [-0.05, 0) is 47.5 Å². The number of nitrogens with one attached hydrogen (secondary N) is 2. The van der Waals surface area contributed by atoms with Crippen molar-refractivity contribution in [2.75, 3.05) is 13.1 Å². The predicted octanol–water partition coefficient (Wildman–Crippen LogP) is 6.21. The SMILES string of the molecule is Fc1cccc(-c2cccc3[nH]c(-c4n[nH]c5ccc(-c6cncc(CN7CCC(F)(F)C7)c6)nc45)nc23)c1. The highest BCUT2D eigenvalue weighted by molar-refractivity contribution is 5.96. The van der Waals surface area contributed by atoms with Gasteiger partial charge < -0.3 is 4.98 Å². The summed E-state index contributed by atoms with van der Waals surface area (Å²) in [5.74, 6) is -2.41. The van der Waals surface area contributed by atoms with Crippen LogP contribution in [0.2, 0.25) is 0 Å². The molecule has 2 aromatic carbocycles. The molecule has 5 heterocycles. The molecule has 0 unspecified atom stereocenters. The average molecular weight is 526 g/mol. The van der Waals surface area contributed by atoms with Crippen molar-refractivity contribution in [3.63, 3.8) is 0 Å². The Bertz CT molecular complexity index is 1840. The number of hydrogen-bond donors (Lipinski definition) is 2. The summed E-state index contributed by atoms with van der Waals surface area (Å²) in [6.45, 7) is 0.527. The van der Waals surface area contributed by atoms with Crippen molar-refractivity contribution >= 4 is 22.1 Å². The Morgan fingerprint density at radius 1 is 0.897 bits per heavy atom. The summed E-state index contributed by atoms with van der Waals surface area (Å²) < 4.78 is 41.2. The maximum Gasteiger partial charge on any atom is 0.261 e. The second kappa shape index (κ2) is 9.02. The average Bonchev–Trinajstić information content (AvgIpc) is 3.64. The molecule has 4 aromatic heterocycles. The second-order valence-corrected chi connectivity index (χ2v) is 9.86. The summed E-state index contributed by atoms with van der Waals surface area (Å²) in [4.78, 5) is 19.1. The van der Waals surface area contributed by atoms with E-state index in [-0.39, 0.29) is 18.8 Å². The summed E-state index contributed by atoms with van der Waals surface area (Å²) in [7, 11) is 0. The van der Waals surface area contributed by atoms with Gasteiger partial charge in [0.2, 0.25) is 0 Å². The monoisotopic (exact) mass is 525 g/mol. The number of imidazole rings is 1. The van der Waals surface area contributed by atoms with Crippen molar-refractivity contribution in [3.05, 3.63) is 84.4 Å². The minimum Gasteiger partial charge on any atom is -0.336 e. The number of nitrogens with zero attached hydrogens (tertiary/aromatic N) is 5. The van der Waals surface area contributed by atoms with Gasteiger partial charge in [-0.25, -0.2) is 23.1 Å². The molecular weight excluding hydrogens is 503 g/mol. The highest BCUT2D eigenvalue weighted by Gasteiger charge is 2.37. The molecule has 0 aliphatic carbocycles. The minimum absolute atomic E-state index is 0.118. The third kappa shape index (κ3) is 4.42. The van der Waals surface area contributed by atoms with E-state index < -0.39 is 5.92 Å². The first-order chi connectivity index (χ1) is 18.9. The molecule has 0 spiro atoms. The molecule has 6 aromatic rings. The molecule has 10 heteroatoms. The number of aromatic nitrogens is 6. The quantitative estimate of drug-likeness (QED) is 0.280. The zero-order chi connectivity index (χ0) is 26.6. The van der Waals surface area contributed by atoms with Gasteiger partial charge in [-0.15, -0.1) is 0 Å². The Morgan fingerprint density at radius 2 is 1.79 bits per heavy atom. The van der Waals surface area contributed by atoms with Crippen LogP contribution in [-0.4, -0.2) is 54.0 Å². The fraction of sp³-hybridized carbons (Fsp3) is 0.172. The standard InChI is InChI=1S/C29H22F3N7/c30-20-4-1-3-18(12-20)21-5-2-6-23-25(21)36-28(35-23)27-26-24(37-38-27)8-7-22(34-26)19-11-17(13-33-14-19)15-39-10-9-29(31,32)16-39/h1-8,11-14H,9-10,15-16H2,(H,35,36)(H,37,38). The van der Waals surface area contributed by atoms with Gasteiger partial charge in [0.15, 0.2) is 11.5 Å². The smallest absolute Gasteiger partial charge is 0.261 e. The van der Waals surface area contributed by atoms with E-state index in [2.05, 4.69) is 20.2 Å². The second-order valence-electron chi connectivity index (χ2n) is 9.86. The summed E-state index contributed by atoms with van der Waals surface area (Å²) in [5, 5.41) is 7.49. The van der Waals surface area contributed by atoms with Gasteiger partial charge in [0.1, 0.15) is 11.3 Å². The number of rotatable bonds is 5. The number of halogens is 3. The Kier molecular flexibility index (Phi) is 5.44. The molecule has 0 saturated carbocycles. The first-order valence-corrected chi connectivity index (χ1v) is 12.6. The van der Waals surface area contributed by atoms with Crippen LogP contribution in [0.1, 0.15) is 12.0 Å². The Hall–Kier alpha value is -4.57. The predicted molar refractivity (Wildman–Crippen MR) is 142 cm³/mol. The fourth-order valence-corrected chi connectivity index (χ4v) is 5.17. The maximum absolute atomic E-state index is 13.9. The fourth-order valence-electron chi connectivity index (χ4n) is 5.17. The lowest BCUT2D eigenvalue weighted by Crippen LogP contribution is -2.24. The van der Waals surface area contributed by atoms with Crippen LogP contribution in [0.5, 0.6) is 0 Å². The van der Waals surface area contributed by atoms with Gasteiger partial charge in [0.25, 0.3) is 5.92 Å². The van der Waals surface area contributed by atoms with Crippen LogP contribution < -0.4 is 0 Å². The van der Waals surface area contributed by atoms with Crippen molar-refractivity contribution in [2.24, 2.45) is 0 Å². The molecule has 0 radical (unpaired) electrons. The van der Waals surface area contributed by atoms with E-state index in [1.165, 1.54) is 12.1 Å². The van der Waals surface area contributed by atoms with Crippen molar-refractivity contribution in [1.82, 2.24) is 35.0 Å². The van der Waals surface area contributed by atoms with Gasteiger partial charge in [0.05, 0.1) is 28.8 Å². The van der Waals surface area contributed by atoms with Crippen LogP contribution in [-0.2, 0) is 6.54 Å². The van der Waals surface area contributed by atoms with Crippen molar-refractivity contribution < 1.29 is 13.2 Å². The van der Waals surface area contributed by atoms with E-state index in [1.54, 1.807) is 23.4 Å². The molecule has 2 N–H and O–H groups in total. The molecule has 0 atom stereocenters. The molecule has 194 valence electrons. The number of H-pyrrole nitrogens is 2. The Morgan fingerprint density at radius 3 is 2.64 bits per heavy atom. The minimum atomic E-state index is -2.63. The van der Waals surface area contributed by atoms with Crippen LogP contribution >= 0.6 is 0 Å². The van der Waals surface area contributed by atoms with Gasteiger partial charge in [-0.1, -0.05) is 24.3 Å². The number of likely N-dealkylation sites (tertiary alicyclic amines) is 1. The number of benzene rings is 2. The largest absolute Gasteiger partial charge is 0.336 e. The van der Waals surface area contributed by atoms with Gasteiger partial charge in [-0.2, -0.15) is 5.10 Å². The zero-order valence-electron chi connectivity index (χ0n) is 20.6. The molecule has 0 bridgehead atoms. The number of aromatic amines is 2. The van der Waals surface area contributed by atoms with E-state index >= 15 is 0 Å². The Labute approximate surface area is 220 Å². The van der Waals surface area contributed by atoms with Crippen molar-refractivity contribution in [1.29, 1.82) is 0 Å². The molecule has 39 heavy (non-hydrogen) atoms. The molecule has 1 saturated heterocycles. The number of hydrogen-bond acceptors (Lipinski definition) is 5. The van der Waals surface area contributed by atoms with Crippen molar-refractivity contribution in [2.45, 2.75) is 18.9 Å². The zero-order valence-corrected chi connectivity index (χ0v) is 20.6. The Balaban J connectivity index is 1.25. The van der Waals surface area contributed by atoms with Crippen molar-refractivity contribution in [3.8, 4) is 33.9 Å². The van der Waals surface area contributed by atoms with Gasteiger partial charge in [0, 0.05) is 43.0 Å². The number of pyridine rings is 2. The lowest BCUT2D eigenvalue weighted by atomic mass is 10.0. The molecule has 0 amide bonds. The summed E-state index contributed by atoms with van der Waals surface area (Å²) in [6.07, 6.45) is 3.29. The molecule has 7 rings (SSSR count). The molecular formula is C29H22F3N7. The van der Waals surface area contributed by atoms with E-state index in [1.807, 2.05) is 42.5 Å².